The molecule has 0 heterocycles. The van der Waals surface area contributed by atoms with Crippen molar-refractivity contribution >= 4 is 43.0 Å². The van der Waals surface area contributed by atoms with Crippen LogP contribution in [0.1, 0.15) is 11.1 Å². The van der Waals surface area contributed by atoms with Gasteiger partial charge in [-0.05, 0) is 49.2 Å². The van der Waals surface area contributed by atoms with Crippen molar-refractivity contribution in [3.05, 3.63) is 35.4 Å². The number of nitrogens with two attached hydrogens (primary N) is 4. The normalized spacial score (nSPS) is 11.5. The maximum absolute atomic E-state index is 10.8. The van der Waals surface area contributed by atoms with Crippen molar-refractivity contribution in [3.63, 3.8) is 0 Å². The molecule has 10 nitrogen and oxygen atoms in total. The molecule has 0 aromatic heterocycles. The summed E-state index contributed by atoms with van der Waals surface area (Å²) in [6.07, 6.45) is 0. The molecule has 2 aromatic rings. The van der Waals surface area contributed by atoms with E-state index in [4.69, 9.17) is 32.0 Å². The van der Waals surface area contributed by atoms with Crippen LogP contribution in [0.2, 0.25) is 0 Å². The van der Waals surface area contributed by atoms with E-state index in [-0.39, 0.29) is 26.9 Å². The molecule has 0 spiro atoms. The third-order valence-electron chi connectivity index (χ3n) is 3.44. The Kier molecular flexibility index (Phi) is 6.10. The van der Waals surface area contributed by atoms with Gasteiger partial charge in [0.15, 0.2) is 0 Å². The first-order valence-electron chi connectivity index (χ1n) is 6.90. The van der Waals surface area contributed by atoms with Crippen LogP contribution in [0.4, 0.5) is 22.7 Å². The fourth-order valence-electron chi connectivity index (χ4n) is 1.82. The number of aryl methyl sites for hydroxylation is 1. The number of nitrogen functional groups attached to an aromatic ring is 4. The molecule has 0 aliphatic rings. The van der Waals surface area contributed by atoms with E-state index in [9.17, 15) is 16.8 Å². The molecule has 144 valence electrons. The molecule has 0 amide bonds. The van der Waals surface area contributed by atoms with Gasteiger partial charge < -0.3 is 22.9 Å². The van der Waals surface area contributed by atoms with Gasteiger partial charge >= 0.3 is 0 Å². The highest BCUT2D eigenvalue weighted by Crippen LogP contribution is 2.24. The molecule has 0 unspecified atom stereocenters. The van der Waals surface area contributed by atoms with Crippen molar-refractivity contribution < 1.29 is 25.9 Å². The first-order chi connectivity index (χ1) is 11.6. The Morgan fingerprint density at radius 3 is 1.54 bits per heavy atom. The van der Waals surface area contributed by atoms with E-state index in [0.717, 1.165) is 0 Å². The summed E-state index contributed by atoms with van der Waals surface area (Å²) in [4.78, 5) is -0.590. The topological polar surface area (TPSA) is 213 Å². The highest BCUT2D eigenvalue weighted by Gasteiger charge is 2.15. The Hall–Kier alpha value is -2.54. The Morgan fingerprint density at radius 1 is 0.692 bits per heavy atom. The SMILES string of the molecule is Cc1c(N)cc(S(=O)(=O)O)cc1N.Cc1cc(S(=O)(=O)O)c(N)cc1N. The molecule has 10 N–H and O–H groups in total. The second-order valence-electron chi connectivity index (χ2n) is 5.42. The minimum atomic E-state index is -4.25. The smallest absolute Gasteiger partial charge is 0.296 e. The molecule has 0 atom stereocenters. The van der Waals surface area contributed by atoms with Crippen molar-refractivity contribution in [1.82, 2.24) is 0 Å². The van der Waals surface area contributed by atoms with Crippen molar-refractivity contribution in [1.29, 1.82) is 0 Å². The van der Waals surface area contributed by atoms with E-state index in [1.807, 2.05) is 0 Å². The zero-order chi connectivity index (χ0) is 20.4. The number of benzene rings is 2. The molecular weight excluding hydrogens is 384 g/mol. The summed E-state index contributed by atoms with van der Waals surface area (Å²) in [6, 6.07) is 4.88. The van der Waals surface area contributed by atoms with Crippen LogP contribution < -0.4 is 22.9 Å². The summed E-state index contributed by atoms with van der Waals surface area (Å²) in [5.41, 5.74) is 23.7. The van der Waals surface area contributed by atoms with E-state index in [1.54, 1.807) is 13.8 Å². The Labute approximate surface area is 151 Å². The summed E-state index contributed by atoms with van der Waals surface area (Å²) in [5, 5.41) is 0. The number of rotatable bonds is 2. The zero-order valence-corrected chi connectivity index (χ0v) is 15.6. The lowest BCUT2D eigenvalue weighted by Crippen LogP contribution is -2.05. The molecule has 0 saturated carbocycles. The maximum atomic E-state index is 10.8. The van der Waals surface area contributed by atoms with Crippen molar-refractivity contribution in [2.75, 3.05) is 22.9 Å². The number of anilines is 4. The van der Waals surface area contributed by atoms with Crippen LogP contribution >= 0.6 is 0 Å². The van der Waals surface area contributed by atoms with Crippen LogP contribution in [0.3, 0.4) is 0 Å². The zero-order valence-electron chi connectivity index (χ0n) is 14.0. The fourth-order valence-corrected chi connectivity index (χ4v) is 3.05. The van der Waals surface area contributed by atoms with Gasteiger partial charge in [0, 0.05) is 17.1 Å². The molecule has 0 fully saturated rings. The molecule has 26 heavy (non-hydrogen) atoms. The van der Waals surface area contributed by atoms with E-state index < -0.39 is 20.2 Å². The van der Waals surface area contributed by atoms with Crippen LogP contribution in [0, 0.1) is 13.8 Å². The monoisotopic (exact) mass is 404 g/mol. The van der Waals surface area contributed by atoms with Gasteiger partial charge in [-0.15, -0.1) is 0 Å². The molecule has 0 bridgehead atoms. The van der Waals surface area contributed by atoms with Crippen LogP contribution in [-0.4, -0.2) is 25.9 Å². The summed E-state index contributed by atoms with van der Waals surface area (Å²) in [7, 11) is -8.48. The fraction of sp³-hybridized carbons (Fsp3) is 0.143. The quantitative estimate of drug-likeness (QED) is 0.306. The molecule has 12 heteroatoms. The highest BCUT2D eigenvalue weighted by molar-refractivity contribution is 7.86. The van der Waals surface area contributed by atoms with Crippen LogP contribution in [0.5, 0.6) is 0 Å². The Balaban J connectivity index is 0.000000260. The molecule has 2 aromatic carbocycles. The molecule has 2 rings (SSSR count). The Morgan fingerprint density at radius 2 is 1.15 bits per heavy atom. The lowest BCUT2D eigenvalue weighted by Gasteiger charge is -2.05. The second kappa shape index (κ2) is 7.37. The van der Waals surface area contributed by atoms with Crippen LogP contribution in [0.25, 0.3) is 0 Å². The van der Waals surface area contributed by atoms with Gasteiger partial charge in [0.05, 0.1) is 10.6 Å². The molecular formula is C14H20N4O6S2. The van der Waals surface area contributed by atoms with Crippen molar-refractivity contribution in [2.24, 2.45) is 0 Å². The predicted octanol–water partition coefficient (Wildman–Crippen LogP) is 0.812. The summed E-state index contributed by atoms with van der Waals surface area (Å²) in [6.45, 7) is 3.29. The number of hydrogen-bond donors (Lipinski definition) is 6. The van der Waals surface area contributed by atoms with E-state index in [1.165, 1.54) is 24.3 Å². The third-order valence-corrected chi connectivity index (χ3v) is 5.18. The Bertz CT molecular complexity index is 1030. The molecule has 0 saturated heterocycles. The lowest BCUT2D eigenvalue weighted by molar-refractivity contribution is 0.481. The average Bonchev–Trinajstić information content (AvgIpc) is 2.46. The van der Waals surface area contributed by atoms with Gasteiger partial charge in [0.1, 0.15) is 4.90 Å². The molecule has 0 aliphatic heterocycles. The first kappa shape index (κ1) is 21.5. The largest absolute Gasteiger partial charge is 0.398 e. The van der Waals surface area contributed by atoms with Gasteiger partial charge in [-0.2, -0.15) is 16.8 Å². The molecule has 0 aliphatic carbocycles. The average molecular weight is 404 g/mol. The second-order valence-corrected chi connectivity index (χ2v) is 8.23. The summed E-state index contributed by atoms with van der Waals surface area (Å²) < 4.78 is 60.3. The standard InChI is InChI=1S/2C7H10N2O3S/c1-4-6(8)2-5(3-7(4)9)13(10,11)12;1-4-2-7(13(10,11)12)6(9)3-5(4)8/h2*2-3H,8-9H2,1H3,(H,10,11,12). The predicted molar refractivity (Wildman–Crippen MR) is 99.6 cm³/mol. The minimum absolute atomic E-state index is 0.0504. The van der Waals surface area contributed by atoms with Crippen LogP contribution in [0.15, 0.2) is 34.1 Å². The minimum Gasteiger partial charge on any atom is -0.398 e. The van der Waals surface area contributed by atoms with Crippen molar-refractivity contribution in [3.8, 4) is 0 Å². The van der Waals surface area contributed by atoms with E-state index in [2.05, 4.69) is 0 Å². The maximum Gasteiger partial charge on any atom is 0.296 e. The third kappa shape index (κ3) is 5.23. The first-order valence-corrected chi connectivity index (χ1v) is 9.78. The van der Waals surface area contributed by atoms with E-state index >= 15 is 0 Å². The summed E-state index contributed by atoms with van der Waals surface area (Å²) in [5.74, 6) is 0. The highest BCUT2D eigenvalue weighted by atomic mass is 32.2. The van der Waals surface area contributed by atoms with Gasteiger partial charge in [-0.3, -0.25) is 9.11 Å². The summed E-state index contributed by atoms with van der Waals surface area (Å²) >= 11 is 0. The van der Waals surface area contributed by atoms with Gasteiger partial charge in [-0.25, -0.2) is 0 Å². The van der Waals surface area contributed by atoms with Gasteiger partial charge in [0.2, 0.25) is 0 Å². The van der Waals surface area contributed by atoms with Crippen LogP contribution in [-0.2, 0) is 20.2 Å². The lowest BCUT2D eigenvalue weighted by atomic mass is 10.2. The molecule has 0 radical (unpaired) electrons. The van der Waals surface area contributed by atoms with E-state index in [0.29, 0.717) is 16.8 Å². The van der Waals surface area contributed by atoms with Gasteiger partial charge in [-0.1, -0.05) is 0 Å². The van der Waals surface area contributed by atoms with Gasteiger partial charge in [0.25, 0.3) is 20.2 Å². The van der Waals surface area contributed by atoms with Crippen molar-refractivity contribution in [2.45, 2.75) is 23.6 Å². The number of hydrogen-bond acceptors (Lipinski definition) is 8.